The van der Waals surface area contributed by atoms with Crippen molar-refractivity contribution in [3.8, 4) is 5.75 Å². The third-order valence-electron chi connectivity index (χ3n) is 8.76. The van der Waals surface area contributed by atoms with Crippen LogP contribution in [-0.4, -0.2) is 89.2 Å². The smallest absolute Gasteiger partial charge is 0.249 e. The largest absolute Gasteiger partial charge is 0.492 e. The Morgan fingerprint density at radius 2 is 1.77 bits per heavy atom. The molecule has 0 bridgehead atoms. The predicted molar refractivity (Wildman–Crippen MR) is 171 cm³/mol. The van der Waals surface area contributed by atoms with Gasteiger partial charge in [0.25, 0.3) is 0 Å². The predicted octanol–water partition coefficient (Wildman–Crippen LogP) is 3.48. The van der Waals surface area contributed by atoms with Gasteiger partial charge in [0.1, 0.15) is 12.4 Å². The lowest BCUT2D eigenvalue weighted by molar-refractivity contribution is 0.0322. The maximum Gasteiger partial charge on any atom is 0.249 e. The lowest BCUT2D eigenvalue weighted by Crippen LogP contribution is -2.38. The van der Waals surface area contributed by atoms with E-state index in [1.165, 1.54) is 5.56 Å². The van der Waals surface area contributed by atoms with Gasteiger partial charge in [0.05, 0.1) is 30.5 Å². The maximum atomic E-state index is 12.4. The van der Waals surface area contributed by atoms with Gasteiger partial charge in [-0.2, -0.15) is 0 Å². The van der Waals surface area contributed by atoms with Gasteiger partial charge in [-0.25, -0.2) is 8.42 Å². The van der Waals surface area contributed by atoms with Crippen LogP contribution >= 0.6 is 0 Å². The number of anilines is 1. The second-order valence-electron chi connectivity index (χ2n) is 11.6. The summed E-state index contributed by atoms with van der Waals surface area (Å²) in [5.74, 6) is 0.281. The maximum absolute atomic E-state index is 12.4. The minimum absolute atomic E-state index is 0.00985. The lowest BCUT2D eigenvalue weighted by Gasteiger charge is -2.26. The fraction of sp³-hybridized carbons (Fsp3) is 0.441. The third-order valence-corrected chi connectivity index (χ3v) is 10.5. The number of sulfone groups is 1. The van der Waals surface area contributed by atoms with Crippen molar-refractivity contribution in [3.63, 3.8) is 0 Å². The van der Waals surface area contributed by atoms with Gasteiger partial charge in [-0.1, -0.05) is 31.2 Å². The molecule has 0 spiro atoms. The standard InChI is InChI=1S/C34H43N3O6S/c1-2-44(40,41)30-10-5-27(6-11-30)33(24-38)32-22-28(7-12-31(32)34(35)39)37-14-13-26(23-37)21-25-3-8-29(9-4-25)43-20-17-36-15-18-42-19-16-36/h3-12,22,26,33,38H,2,13-21,23-24H2,1H3,(H2,35,39)/t26-,33+/m0/s1. The SMILES string of the molecule is CCS(=O)(=O)c1ccc([C@@H](CO)c2cc(N3CC[C@@H](Cc4ccc(OCCN5CCOCC5)cc4)C3)ccc2C(N)=O)cc1. The van der Waals surface area contributed by atoms with E-state index in [-0.39, 0.29) is 17.3 Å². The van der Waals surface area contributed by atoms with Crippen LogP contribution in [0.4, 0.5) is 5.69 Å². The number of nitrogens with zero attached hydrogens (tertiary/aromatic N) is 2. The summed E-state index contributed by atoms with van der Waals surface area (Å²) in [6.45, 7) is 8.18. The van der Waals surface area contributed by atoms with Crippen molar-refractivity contribution in [2.24, 2.45) is 11.7 Å². The number of aliphatic hydroxyl groups is 1. The molecule has 3 aromatic rings. The molecule has 3 aromatic carbocycles. The molecule has 2 fully saturated rings. The topological polar surface area (TPSA) is 122 Å². The number of amides is 1. The van der Waals surface area contributed by atoms with Gasteiger partial charge in [-0.3, -0.25) is 9.69 Å². The number of hydrogen-bond donors (Lipinski definition) is 2. The zero-order valence-electron chi connectivity index (χ0n) is 25.4. The van der Waals surface area contributed by atoms with Crippen molar-refractivity contribution in [3.05, 3.63) is 89.0 Å². The van der Waals surface area contributed by atoms with Crippen molar-refractivity contribution in [1.82, 2.24) is 4.90 Å². The molecular formula is C34H43N3O6S. The summed E-state index contributed by atoms with van der Waals surface area (Å²) < 4.78 is 35.9. The molecule has 44 heavy (non-hydrogen) atoms. The van der Waals surface area contributed by atoms with Crippen LogP contribution in [0.5, 0.6) is 5.75 Å². The van der Waals surface area contributed by atoms with E-state index in [1.807, 2.05) is 12.1 Å². The quantitative estimate of drug-likeness (QED) is 0.298. The Labute approximate surface area is 260 Å². The van der Waals surface area contributed by atoms with Crippen molar-refractivity contribution < 1.29 is 27.8 Å². The van der Waals surface area contributed by atoms with Crippen LogP contribution in [0.1, 0.15) is 46.3 Å². The molecule has 10 heteroatoms. The van der Waals surface area contributed by atoms with E-state index >= 15 is 0 Å². The van der Waals surface area contributed by atoms with E-state index in [2.05, 4.69) is 34.1 Å². The number of carbonyl (C=O) groups is 1. The number of rotatable bonds is 13. The van der Waals surface area contributed by atoms with Crippen LogP contribution < -0.4 is 15.4 Å². The average Bonchev–Trinajstić information content (AvgIpc) is 3.51. The van der Waals surface area contributed by atoms with Crippen molar-refractivity contribution in [1.29, 1.82) is 0 Å². The molecule has 2 atom stereocenters. The molecule has 3 N–H and O–H groups in total. The molecule has 2 saturated heterocycles. The zero-order valence-corrected chi connectivity index (χ0v) is 26.2. The van der Waals surface area contributed by atoms with E-state index in [1.54, 1.807) is 37.3 Å². The summed E-state index contributed by atoms with van der Waals surface area (Å²) in [5.41, 5.74) is 9.69. The Morgan fingerprint density at radius 3 is 2.43 bits per heavy atom. The lowest BCUT2D eigenvalue weighted by atomic mass is 9.88. The highest BCUT2D eigenvalue weighted by molar-refractivity contribution is 7.91. The average molecular weight is 622 g/mol. The van der Waals surface area contributed by atoms with E-state index in [9.17, 15) is 18.3 Å². The number of morpholine rings is 1. The first kappa shape index (κ1) is 32.0. The summed E-state index contributed by atoms with van der Waals surface area (Å²) in [7, 11) is -3.34. The van der Waals surface area contributed by atoms with E-state index in [0.29, 0.717) is 23.7 Å². The molecule has 236 valence electrons. The Morgan fingerprint density at radius 1 is 1.05 bits per heavy atom. The Bertz CT molecular complexity index is 1500. The molecule has 1 amide bonds. The van der Waals surface area contributed by atoms with Gasteiger partial charge in [-0.15, -0.1) is 0 Å². The molecule has 0 aromatic heterocycles. The highest BCUT2D eigenvalue weighted by Crippen LogP contribution is 2.34. The fourth-order valence-corrected chi connectivity index (χ4v) is 7.01. The number of ether oxygens (including phenoxy) is 2. The molecule has 0 unspecified atom stereocenters. The second kappa shape index (κ2) is 14.6. The van der Waals surface area contributed by atoms with Crippen molar-refractivity contribution in [2.75, 3.05) is 69.8 Å². The van der Waals surface area contributed by atoms with E-state index in [4.69, 9.17) is 15.2 Å². The van der Waals surface area contributed by atoms with Crippen molar-refractivity contribution in [2.45, 2.75) is 30.6 Å². The normalized spacial score (nSPS) is 18.3. The summed E-state index contributed by atoms with van der Waals surface area (Å²) in [5, 5.41) is 10.4. The summed E-state index contributed by atoms with van der Waals surface area (Å²) in [6, 6.07) is 20.5. The fourth-order valence-electron chi connectivity index (χ4n) is 6.12. The summed E-state index contributed by atoms with van der Waals surface area (Å²) >= 11 is 0. The zero-order chi connectivity index (χ0) is 31.1. The van der Waals surface area contributed by atoms with Crippen LogP contribution in [0.25, 0.3) is 0 Å². The van der Waals surface area contributed by atoms with Crippen LogP contribution in [-0.2, 0) is 21.0 Å². The highest BCUT2D eigenvalue weighted by Gasteiger charge is 2.26. The molecule has 0 saturated carbocycles. The molecule has 2 heterocycles. The molecule has 0 radical (unpaired) electrons. The molecule has 2 aliphatic rings. The van der Waals surface area contributed by atoms with Gasteiger partial charge >= 0.3 is 0 Å². The van der Waals surface area contributed by atoms with Gasteiger partial charge < -0.3 is 25.2 Å². The van der Waals surface area contributed by atoms with Gasteiger partial charge in [0.2, 0.25) is 5.91 Å². The van der Waals surface area contributed by atoms with Crippen LogP contribution in [0.15, 0.2) is 71.6 Å². The number of hydrogen-bond acceptors (Lipinski definition) is 8. The van der Waals surface area contributed by atoms with Crippen molar-refractivity contribution >= 4 is 21.4 Å². The number of benzene rings is 3. The van der Waals surface area contributed by atoms with E-state index in [0.717, 1.165) is 75.8 Å². The molecule has 5 rings (SSSR count). The molecule has 2 aliphatic heterocycles. The van der Waals surface area contributed by atoms with Crippen LogP contribution in [0, 0.1) is 5.92 Å². The van der Waals surface area contributed by atoms with Crippen LogP contribution in [0.2, 0.25) is 0 Å². The minimum atomic E-state index is -3.34. The van der Waals surface area contributed by atoms with E-state index < -0.39 is 21.7 Å². The Balaban J connectivity index is 1.23. The number of nitrogens with two attached hydrogens (primary N) is 1. The van der Waals surface area contributed by atoms with Gasteiger partial charge in [0, 0.05) is 49.9 Å². The highest BCUT2D eigenvalue weighted by atomic mass is 32.2. The summed E-state index contributed by atoms with van der Waals surface area (Å²) in [6.07, 6.45) is 2.00. The Hall–Kier alpha value is -3.44. The monoisotopic (exact) mass is 621 g/mol. The number of carbonyl (C=O) groups excluding carboxylic acids is 1. The molecule has 0 aliphatic carbocycles. The minimum Gasteiger partial charge on any atom is -0.492 e. The Kier molecular flexibility index (Phi) is 10.6. The first-order valence-electron chi connectivity index (χ1n) is 15.4. The molecule has 9 nitrogen and oxygen atoms in total. The third kappa shape index (κ3) is 7.79. The first-order chi connectivity index (χ1) is 21.3. The molecular weight excluding hydrogens is 578 g/mol. The second-order valence-corrected chi connectivity index (χ2v) is 13.9. The number of primary amides is 1. The van der Waals surface area contributed by atoms with Crippen LogP contribution in [0.3, 0.4) is 0 Å². The van der Waals surface area contributed by atoms with Gasteiger partial charge in [0.15, 0.2) is 9.84 Å². The van der Waals surface area contributed by atoms with Gasteiger partial charge in [-0.05, 0) is 77.9 Å². The number of aliphatic hydroxyl groups excluding tert-OH is 1. The summed E-state index contributed by atoms with van der Waals surface area (Å²) in [4.78, 5) is 17.3. The first-order valence-corrected chi connectivity index (χ1v) is 17.1.